The van der Waals surface area contributed by atoms with Crippen molar-refractivity contribution in [3.05, 3.63) is 94.3 Å². The van der Waals surface area contributed by atoms with Crippen molar-refractivity contribution in [1.82, 2.24) is 9.88 Å². The van der Waals surface area contributed by atoms with Gasteiger partial charge in [-0.2, -0.15) is 4.79 Å². The normalized spacial score (nSPS) is 21.8. The van der Waals surface area contributed by atoms with Crippen molar-refractivity contribution in [2.75, 3.05) is 37.6 Å². The van der Waals surface area contributed by atoms with Crippen molar-refractivity contribution < 1.29 is 24.2 Å². The number of fused-ring (bicyclic) bond motifs is 1. The molecule has 8 nitrogen and oxygen atoms in total. The molecule has 0 aliphatic carbocycles. The summed E-state index contributed by atoms with van der Waals surface area (Å²) >= 11 is 6.42. The van der Waals surface area contributed by atoms with E-state index in [0.29, 0.717) is 42.1 Å². The van der Waals surface area contributed by atoms with Gasteiger partial charge in [0.15, 0.2) is 0 Å². The first kappa shape index (κ1) is 27.5. The number of anilines is 1. The molecule has 2 saturated heterocycles. The molecule has 6 rings (SSSR count). The highest BCUT2D eigenvalue weighted by molar-refractivity contribution is 6.31. The maximum absolute atomic E-state index is 13.6. The zero-order valence-corrected chi connectivity index (χ0v) is 23.9. The number of aromatic nitrogens is 1. The number of pyridine rings is 1. The molecule has 1 N–H and O–H groups in total. The lowest BCUT2D eigenvalue weighted by molar-refractivity contribution is -1.11. The van der Waals surface area contributed by atoms with Gasteiger partial charge < -0.3 is 14.9 Å². The monoisotopic (exact) mass is 575 g/mol. The fourth-order valence-corrected chi connectivity index (χ4v) is 7.07. The molecule has 41 heavy (non-hydrogen) atoms. The van der Waals surface area contributed by atoms with Crippen LogP contribution in [0, 0.1) is 5.41 Å². The summed E-state index contributed by atoms with van der Waals surface area (Å²) in [5.41, 5.74) is 5.10. The Hall–Kier alpha value is -3.62. The van der Waals surface area contributed by atoms with Crippen molar-refractivity contribution in [2.45, 2.75) is 45.2 Å². The minimum absolute atomic E-state index is 0.0470. The fraction of sp³-hybridized carbons (Fsp3) is 0.406. The van der Waals surface area contributed by atoms with E-state index in [1.165, 1.54) is 5.69 Å². The van der Waals surface area contributed by atoms with E-state index in [2.05, 4.69) is 22.0 Å². The van der Waals surface area contributed by atoms with Gasteiger partial charge in [0.1, 0.15) is 19.6 Å². The molecule has 1 spiro atoms. The average Bonchev–Trinajstić information content (AvgIpc) is 2.98. The SMILES string of the molecule is O=C(O)O[N+]1(Cc2ccccc2Cl)CCc2ccc(C(=O)N3CCC4(CC3)CCN(c3ccncc3)CC4)cc2C1. The van der Waals surface area contributed by atoms with E-state index in [4.69, 9.17) is 16.4 Å². The maximum atomic E-state index is 13.6. The highest BCUT2D eigenvalue weighted by Gasteiger charge is 2.41. The highest BCUT2D eigenvalue weighted by Crippen LogP contribution is 2.42. The number of carbonyl (C=O) groups is 2. The summed E-state index contributed by atoms with van der Waals surface area (Å²) in [6.45, 7) is 4.79. The number of carbonyl (C=O) groups excluding carboxylic acids is 1. The van der Waals surface area contributed by atoms with Crippen molar-refractivity contribution >= 4 is 29.4 Å². The predicted octanol–water partition coefficient (Wildman–Crippen LogP) is 5.94. The lowest BCUT2D eigenvalue weighted by Crippen LogP contribution is -2.51. The van der Waals surface area contributed by atoms with E-state index in [9.17, 15) is 14.7 Å². The number of likely N-dealkylation sites (tertiary alicyclic amines) is 1. The van der Waals surface area contributed by atoms with Gasteiger partial charge in [0.2, 0.25) is 0 Å². The second kappa shape index (κ2) is 11.3. The largest absolute Gasteiger partial charge is 0.557 e. The van der Waals surface area contributed by atoms with Gasteiger partial charge in [0.25, 0.3) is 5.91 Å². The Balaban J connectivity index is 1.12. The Morgan fingerprint density at radius 2 is 1.66 bits per heavy atom. The molecule has 0 bridgehead atoms. The van der Waals surface area contributed by atoms with Gasteiger partial charge in [-0.3, -0.25) is 9.78 Å². The van der Waals surface area contributed by atoms with Crippen LogP contribution in [0.25, 0.3) is 0 Å². The van der Waals surface area contributed by atoms with Crippen LogP contribution in [0.15, 0.2) is 67.0 Å². The number of hydrogen-bond donors (Lipinski definition) is 1. The van der Waals surface area contributed by atoms with E-state index in [0.717, 1.165) is 68.6 Å². The molecule has 4 heterocycles. The molecule has 3 aliphatic rings. The molecular formula is C32H36ClN4O4+. The van der Waals surface area contributed by atoms with Crippen molar-refractivity contribution in [3.8, 4) is 0 Å². The third-order valence-electron chi connectivity index (χ3n) is 9.35. The van der Waals surface area contributed by atoms with Gasteiger partial charge in [-0.15, -0.1) is 4.65 Å². The van der Waals surface area contributed by atoms with E-state index in [1.807, 2.05) is 53.7 Å². The molecule has 1 aromatic heterocycles. The summed E-state index contributed by atoms with van der Waals surface area (Å²) in [6, 6.07) is 17.5. The van der Waals surface area contributed by atoms with Gasteiger partial charge in [-0.1, -0.05) is 35.9 Å². The Bertz CT molecular complexity index is 1420. The number of hydroxylamine groups is 3. The first-order chi connectivity index (χ1) is 19.8. The first-order valence-electron chi connectivity index (χ1n) is 14.4. The lowest BCUT2D eigenvalue weighted by Gasteiger charge is -2.47. The van der Waals surface area contributed by atoms with Gasteiger partial charge >= 0.3 is 6.16 Å². The van der Waals surface area contributed by atoms with E-state index < -0.39 is 6.16 Å². The molecule has 9 heteroatoms. The van der Waals surface area contributed by atoms with Crippen LogP contribution in [0.2, 0.25) is 5.02 Å². The maximum Gasteiger partial charge on any atom is 0.557 e. The second-order valence-corrected chi connectivity index (χ2v) is 12.2. The van der Waals surface area contributed by atoms with Crippen molar-refractivity contribution in [1.29, 1.82) is 0 Å². The third-order valence-corrected chi connectivity index (χ3v) is 9.72. The van der Waals surface area contributed by atoms with Crippen LogP contribution in [-0.2, 0) is 24.3 Å². The molecule has 2 fully saturated rings. The highest BCUT2D eigenvalue weighted by atomic mass is 35.5. The number of carboxylic acid groups (broad SMARTS) is 1. The molecule has 1 unspecified atom stereocenters. The van der Waals surface area contributed by atoms with Crippen LogP contribution in [0.3, 0.4) is 0 Å². The number of halogens is 1. The summed E-state index contributed by atoms with van der Waals surface area (Å²) < 4.78 is -0.105. The quantitative estimate of drug-likeness (QED) is 0.379. The summed E-state index contributed by atoms with van der Waals surface area (Å²) in [4.78, 5) is 39.4. The van der Waals surface area contributed by atoms with Crippen LogP contribution >= 0.6 is 11.6 Å². The molecule has 1 atom stereocenters. The van der Waals surface area contributed by atoms with Crippen LogP contribution < -0.4 is 4.90 Å². The number of hydrogen-bond acceptors (Lipinski definition) is 5. The first-order valence-corrected chi connectivity index (χ1v) is 14.8. The summed E-state index contributed by atoms with van der Waals surface area (Å²) in [5.74, 6) is 0.0470. The van der Waals surface area contributed by atoms with Crippen LogP contribution in [-0.4, -0.2) is 64.4 Å². The molecule has 0 saturated carbocycles. The number of benzene rings is 2. The zero-order valence-electron chi connectivity index (χ0n) is 23.2. The summed E-state index contributed by atoms with van der Waals surface area (Å²) in [5, 5.41) is 10.2. The molecule has 3 aliphatic heterocycles. The number of nitrogens with zero attached hydrogens (tertiary/aromatic N) is 4. The number of quaternary nitrogens is 1. The standard InChI is InChI=1S/C32H35ClN4O4/c33-29-4-2-1-3-26(29)22-37(41-31(39)40)20-9-24-5-6-25(21-27(24)23-37)30(38)36-18-12-32(13-19-36)10-16-35(17-11-32)28-7-14-34-15-8-28/h1-8,14-15,21H,9-13,16-20,22-23H2/p+1. The van der Waals surface area contributed by atoms with Gasteiger partial charge in [-0.05, 0) is 67.0 Å². The minimum Gasteiger partial charge on any atom is -0.446 e. The smallest absolute Gasteiger partial charge is 0.446 e. The molecular weight excluding hydrogens is 540 g/mol. The molecule has 3 aromatic rings. The Morgan fingerprint density at radius 3 is 2.37 bits per heavy atom. The molecule has 1 amide bonds. The Morgan fingerprint density at radius 1 is 0.951 bits per heavy atom. The van der Waals surface area contributed by atoms with Gasteiger partial charge in [0.05, 0.1) is 0 Å². The Labute approximate surface area is 245 Å². The number of piperidine rings is 2. The third kappa shape index (κ3) is 5.90. The fourth-order valence-electron chi connectivity index (χ4n) is 6.87. The van der Waals surface area contributed by atoms with Crippen molar-refractivity contribution in [2.24, 2.45) is 5.41 Å². The lowest BCUT2D eigenvalue weighted by atomic mass is 9.71. The van der Waals surface area contributed by atoms with E-state index in [-0.39, 0.29) is 10.6 Å². The number of rotatable bonds is 5. The van der Waals surface area contributed by atoms with Crippen LogP contribution in [0.1, 0.15) is 52.7 Å². The van der Waals surface area contributed by atoms with Gasteiger partial charge in [0, 0.05) is 72.4 Å². The molecule has 0 radical (unpaired) electrons. The summed E-state index contributed by atoms with van der Waals surface area (Å²) in [6.07, 6.45) is 7.38. The average molecular weight is 576 g/mol. The van der Waals surface area contributed by atoms with E-state index >= 15 is 0 Å². The minimum atomic E-state index is -1.32. The van der Waals surface area contributed by atoms with Gasteiger partial charge in [-0.25, -0.2) is 4.84 Å². The zero-order chi connectivity index (χ0) is 28.5. The summed E-state index contributed by atoms with van der Waals surface area (Å²) in [7, 11) is 0. The Kier molecular flexibility index (Phi) is 7.62. The number of amides is 1. The van der Waals surface area contributed by atoms with E-state index in [1.54, 1.807) is 6.07 Å². The predicted molar refractivity (Wildman–Crippen MR) is 156 cm³/mol. The molecule has 214 valence electrons. The van der Waals surface area contributed by atoms with Crippen molar-refractivity contribution in [3.63, 3.8) is 0 Å². The molecule has 2 aromatic carbocycles. The second-order valence-electron chi connectivity index (χ2n) is 11.8. The topological polar surface area (TPSA) is 83.0 Å². The van der Waals surface area contributed by atoms with Crippen LogP contribution in [0.4, 0.5) is 10.5 Å². The van der Waals surface area contributed by atoms with Crippen LogP contribution in [0.5, 0.6) is 0 Å².